The summed E-state index contributed by atoms with van der Waals surface area (Å²) in [6, 6.07) is 0. The Labute approximate surface area is 227 Å². The fourth-order valence-electron chi connectivity index (χ4n) is 4.24. The molecule has 0 spiro atoms. The fraction of sp³-hybridized carbons (Fsp3) is 1.00. The van der Waals surface area contributed by atoms with Gasteiger partial charge in [-0.1, -0.05) is 0 Å². The number of rotatable bonds is 20. The average Bonchev–Trinajstić information content (AvgIpc) is 2.59. The van der Waals surface area contributed by atoms with Crippen molar-refractivity contribution < 1.29 is 86.1 Å². The molecular formula is C12H36N4O18P6. The fourth-order valence-corrected chi connectivity index (χ4v) is 11.4. The molecule has 0 fully saturated rings. The quantitative estimate of drug-likeness (QED) is 0.0421. The molecule has 0 amide bonds. The van der Waals surface area contributed by atoms with Crippen LogP contribution >= 0.6 is 45.6 Å². The first-order valence-corrected chi connectivity index (χ1v) is 21.4. The van der Waals surface area contributed by atoms with Crippen molar-refractivity contribution in [2.24, 2.45) is 5.73 Å². The van der Waals surface area contributed by atoms with Crippen molar-refractivity contribution in [2.45, 2.75) is 11.1 Å². The van der Waals surface area contributed by atoms with Crippen LogP contribution in [0.25, 0.3) is 0 Å². The topological polar surface area (TPSA) is 399 Å². The van der Waals surface area contributed by atoms with Gasteiger partial charge in [0.25, 0.3) is 0 Å². The van der Waals surface area contributed by atoms with Gasteiger partial charge in [0.1, 0.15) is 12.6 Å². The van der Waals surface area contributed by atoms with Crippen LogP contribution in [0.2, 0.25) is 0 Å². The summed E-state index contributed by atoms with van der Waals surface area (Å²) < 4.78 is 73.3. The van der Waals surface area contributed by atoms with Gasteiger partial charge < -0.3 is 75.1 Å². The minimum atomic E-state index is -5.80. The molecule has 242 valence electrons. The Hall–Kier alpha value is 0.740. The lowest BCUT2D eigenvalue weighted by Crippen LogP contribution is -2.77. The molecule has 0 aromatic carbocycles. The Morgan fingerprint density at radius 3 is 1.15 bits per heavy atom. The van der Waals surface area contributed by atoms with Gasteiger partial charge >= 0.3 is 45.6 Å². The predicted molar refractivity (Wildman–Crippen MR) is 139 cm³/mol. The van der Waals surface area contributed by atoms with Crippen LogP contribution in [0.1, 0.15) is 0 Å². The first-order valence-electron chi connectivity index (χ1n) is 10.6. The molecule has 0 saturated heterocycles. The van der Waals surface area contributed by atoms with Gasteiger partial charge in [-0.25, -0.2) is 0 Å². The van der Waals surface area contributed by atoms with Gasteiger partial charge in [-0.3, -0.25) is 32.3 Å². The molecule has 0 heterocycles. The molecule has 0 aliphatic carbocycles. The Morgan fingerprint density at radius 2 is 0.875 bits per heavy atom. The molecule has 40 heavy (non-hydrogen) atoms. The highest BCUT2D eigenvalue weighted by molar-refractivity contribution is 7.54. The third kappa shape index (κ3) is 16.6. The third-order valence-corrected chi connectivity index (χ3v) is 10.4. The minimum absolute atomic E-state index is 0.0504. The molecular weight excluding hydrogens is 674 g/mol. The maximum Gasteiger partial charge on any atom is 0.339 e. The smallest absolute Gasteiger partial charge is 0.329 e. The zero-order valence-electron chi connectivity index (χ0n) is 20.6. The summed E-state index contributed by atoms with van der Waals surface area (Å²) in [7, 11) is -34.2. The molecule has 0 atom stereocenters. The van der Waals surface area contributed by atoms with E-state index in [1.807, 2.05) is 0 Å². The predicted octanol–water partition coefficient (Wildman–Crippen LogP) is -4.11. The Kier molecular flexibility index (Phi) is 15.0. The zero-order chi connectivity index (χ0) is 32.1. The van der Waals surface area contributed by atoms with E-state index in [4.69, 9.17) is 5.73 Å². The molecule has 0 unspecified atom stereocenters. The summed E-state index contributed by atoms with van der Waals surface area (Å²) in [5.41, 5.74) is -1.53. The molecule has 0 aromatic rings. The summed E-state index contributed by atoms with van der Waals surface area (Å²) in [6.07, 6.45) is -11.7. The van der Waals surface area contributed by atoms with Crippen molar-refractivity contribution in [3.63, 3.8) is 0 Å². The van der Waals surface area contributed by atoms with Crippen molar-refractivity contribution in [1.82, 2.24) is 15.5 Å². The van der Waals surface area contributed by atoms with Crippen molar-refractivity contribution in [3.05, 3.63) is 0 Å². The van der Waals surface area contributed by atoms with Gasteiger partial charge in [0, 0.05) is 26.2 Å². The monoisotopic (exact) mass is 710 g/mol. The highest BCUT2D eigenvalue weighted by Crippen LogP contribution is 2.59. The second-order valence-corrected chi connectivity index (χ2v) is 18.8. The van der Waals surface area contributed by atoms with Crippen LogP contribution in [0.5, 0.6) is 0 Å². The van der Waals surface area contributed by atoms with E-state index in [1.165, 1.54) is 0 Å². The van der Waals surface area contributed by atoms with Crippen LogP contribution in [0.3, 0.4) is 0 Å². The summed E-state index contributed by atoms with van der Waals surface area (Å²) in [5.74, 6) is 0. The molecule has 0 bridgehead atoms. The van der Waals surface area contributed by atoms with Crippen LogP contribution in [0, 0.1) is 0 Å². The Morgan fingerprint density at radius 1 is 0.525 bits per heavy atom. The second kappa shape index (κ2) is 14.7. The van der Waals surface area contributed by atoms with Gasteiger partial charge in [0.05, 0.1) is 35.7 Å². The van der Waals surface area contributed by atoms with Gasteiger partial charge in [0.15, 0.2) is 0 Å². The van der Waals surface area contributed by atoms with E-state index in [0.29, 0.717) is 0 Å². The molecule has 16 N–H and O–H groups in total. The first kappa shape index (κ1) is 40.7. The summed E-state index contributed by atoms with van der Waals surface area (Å²) in [5, 5.41) is 4.86. The van der Waals surface area contributed by atoms with E-state index in [2.05, 4.69) is 10.6 Å². The standard InChI is InChI=1S/C12H36N4O18P6/c13-1-2-14-3-4-15-11(5-35(17,18)19,6-36(20,21)22)12(7-37(23,24)25,8-38(26,27)28)16(9-39(29,30)31)10-40(32,33)34/h14-15H,1-10,13H2,(H2,17,18,19)(H2,20,21,22)(H2,23,24,25)(H2,26,27,28)(H2,29,30,31)(H2,32,33,34). The maximum absolute atomic E-state index is 12.3. The van der Waals surface area contributed by atoms with Crippen LogP contribution in [0.4, 0.5) is 0 Å². The van der Waals surface area contributed by atoms with E-state index in [0.717, 1.165) is 0 Å². The highest BCUT2D eigenvalue weighted by Gasteiger charge is 2.64. The molecule has 28 heteroatoms. The number of hydrogen-bond acceptors (Lipinski definition) is 10. The molecule has 0 radical (unpaired) electrons. The number of hydrogen-bond donors (Lipinski definition) is 15. The maximum atomic E-state index is 12.3. The normalized spacial score (nSPS) is 15.2. The van der Waals surface area contributed by atoms with Crippen molar-refractivity contribution in [1.29, 1.82) is 0 Å². The first-order chi connectivity index (χ1) is 17.5. The lowest BCUT2D eigenvalue weighted by atomic mass is 9.80. The van der Waals surface area contributed by atoms with E-state index in [-0.39, 0.29) is 24.5 Å². The van der Waals surface area contributed by atoms with Gasteiger partial charge in [-0.15, -0.1) is 0 Å². The molecule has 0 rings (SSSR count). The van der Waals surface area contributed by atoms with Crippen molar-refractivity contribution in [3.8, 4) is 0 Å². The Bertz CT molecular complexity index is 1040. The van der Waals surface area contributed by atoms with Crippen molar-refractivity contribution in [2.75, 3.05) is 63.4 Å². The van der Waals surface area contributed by atoms with Gasteiger partial charge in [0.2, 0.25) is 0 Å². The average molecular weight is 710 g/mol. The van der Waals surface area contributed by atoms with Crippen LogP contribution < -0.4 is 16.4 Å². The SMILES string of the molecule is NCCNCCNC(CP(=O)(O)O)(CP(=O)(O)O)C(CP(=O)(O)O)(CP(=O)(O)O)N(CP(=O)(O)O)CP(=O)(O)O. The third-order valence-electron chi connectivity index (χ3n) is 5.18. The molecule has 0 aromatic heterocycles. The lowest BCUT2D eigenvalue weighted by molar-refractivity contribution is 0.0555. The van der Waals surface area contributed by atoms with E-state index < -0.39 is 100 Å². The molecule has 22 nitrogen and oxygen atoms in total. The minimum Gasteiger partial charge on any atom is -0.329 e. The lowest BCUT2D eigenvalue weighted by Gasteiger charge is -2.56. The van der Waals surface area contributed by atoms with Crippen LogP contribution in [-0.2, 0) is 27.4 Å². The number of nitrogens with one attached hydrogen (secondary N) is 2. The molecule has 0 aliphatic rings. The van der Waals surface area contributed by atoms with Gasteiger partial charge in [-0.2, -0.15) is 0 Å². The van der Waals surface area contributed by atoms with E-state index in [9.17, 15) is 86.1 Å². The van der Waals surface area contributed by atoms with E-state index in [1.54, 1.807) is 0 Å². The summed E-state index contributed by atoms with van der Waals surface area (Å²) >= 11 is 0. The molecule has 0 saturated carbocycles. The number of nitrogens with zero attached hydrogens (tertiary/aromatic N) is 1. The largest absolute Gasteiger partial charge is 0.339 e. The Balaban J connectivity index is 8.10. The summed E-state index contributed by atoms with van der Waals surface area (Å²) in [4.78, 5) is 117. The van der Waals surface area contributed by atoms with E-state index >= 15 is 0 Å². The zero-order valence-corrected chi connectivity index (χ0v) is 26.0. The second-order valence-electron chi connectivity index (χ2n) is 9.02. The highest BCUT2D eigenvalue weighted by atomic mass is 31.2. The molecule has 0 aliphatic heterocycles. The van der Waals surface area contributed by atoms with Crippen molar-refractivity contribution >= 4 is 45.6 Å². The number of nitrogens with two attached hydrogens (primary N) is 1. The van der Waals surface area contributed by atoms with Gasteiger partial charge in [-0.05, 0) is 0 Å². The van der Waals surface area contributed by atoms with Crippen LogP contribution in [-0.4, -0.2) is 138 Å². The summed E-state index contributed by atoms with van der Waals surface area (Å²) in [6.45, 7) is -0.747. The van der Waals surface area contributed by atoms with Crippen LogP contribution in [0.15, 0.2) is 0 Å².